The van der Waals surface area contributed by atoms with Gasteiger partial charge in [0.2, 0.25) is 0 Å². The van der Waals surface area contributed by atoms with Crippen LogP contribution in [0.1, 0.15) is 31.9 Å². The van der Waals surface area contributed by atoms with Crippen molar-refractivity contribution < 1.29 is 78.4 Å². The summed E-state index contributed by atoms with van der Waals surface area (Å²) in [6.45, 7) is -4.77. The molecule has 1 aliphatic rings. The maximum absolute atomic E-state index is 13.2. The number of hydrogen-bond acceptors (Lipinski definition) is 10. The summed E-state index contributed by atoms with van der Waals surface area (Å²) < 4.78 is 127. The molecule has 1 aliphatic heterocycles. The number of aromatic amines is 1. The number of carbonyl (C=O) groups excluding carboxylic acids is 4. The monoisotopic (exact) mass is 760 g/mol. The number of alkyl carbamates (subject to hydrolysis) is 1. The van der Waals surface area contributed by atoms with Crippen molar-refractivity contribution in [2.75, 3.05) is 45.9 Å². The van der Waals surface area contributed by atoms with Crippen LogP contribution in [0.4, 0.5) is 44.3 Å². The number of aromatic nitrogens is 2. The number of H-pyrrole nitrogens is 1. The molecule has 1 aromatic rings. The lowest BCUT2D eigenvalue weighted by molar-refractivity contribution is -0.186. The van der Waals surface area contributed by atoms with Gasteiger partial charge in [-0.2, -0.15) is 39.5 Å². The molecule has 0 aliphatic carbocycles. The molecule has 16 nitrogen and oxygen atoms in total. The normalized spacial score (nSPS) is 19.4. The molecule has 51 heavy (non-hydrogen) atoms. The topological polar surface area (TPSA) is 213 Å². The van der Waals surface area contributed by atoms with E-state index in [-0.39, 0.29) is 29.1 Å². The number of rotatable bonds is 16. The van der Waals surface area contributed by atoms with E-state index in [0.717, 1.165) is 16.8 Å². The number of nitrogens with one attached hydrogen (secondary N) is 3. The summed E-state index contributed by atoms with van der Waals surface area (Å²) in [7, 11) is 0. The van der Waals surface area contributed by atoms with Gasteiger partial charge in [0, 0.05) is 51.5 Å². The fourth-order valence-corrected chi connectivity index (χ4v) is 4.64. The minimum Gasteiger partial charge on any atom is -0.439 e. The molecule has 0 radical (unpaired) electrons. The van der Waals surface area contributed by atoms with Gasteiger partial charge in [0.25, 0.3) is 5.56 Å². The highest BCUT2D eigenvalue weighted by Crippen LogP contribution is 2.30. The highest BCUT2D eigenvalue weighted by molar-refractivity contribution is 5.82. The molecule has 4 atom stereocenters. The lowest BCUT2D eigenvalue weighted by atomic mass is 10.1. The standard InChI is InChI=1S/C26H33F9N6O10/c27-24(28,29)19(45)36-6-3-10-39(20(46)25(30,31)32)8-1-2-9-40(21(47)26(33,34)35)11-4-7-37-23(49)51-17-16(44)14(13-42)50-18(17)41-12-5-15(43)38-22(41)48/h5,12,14,16-18,42,44H,1-4,6-11,13H2,(H,36,45)(H,37,49)(H,38,43,48)/t14-,16-,17-,18-/m1/s1. The molecular formula is C26H33F9N6O10. The average molecular weight is 761 g/mol. The minimum atomic E-state index is -5.40. The molecule has 5 N–H and O–H groups in total. The largest absolute Gasteiger partial charge is 0.471 e. The zero-order valence-corrected chi connectivity index (χ0v) is 26.1. The maximum atomic E-state index is 13.2. The van der Waals surface area contributed by atoms with E-state index >= 15 is 0 Å². The van der Waals surface area contributed by atoms with E-state index in [1.54, 1.807) is 0 Å². The number of carbonyl (C=O) groups is 4. The molecular weight excluding hydrogens is 727 g/mol. The van der Waals surface area contributed by atoms with E-state index < -0.39 is 130 Å². The Balaban J connectivity index is 1.94. The Hall–Kier alpha value is -4.39. The van der Waals surface area contributed by atoms with Gasteiger partial charge in [-0.3, -0.25) is 28.7 Å². The number of ether oxygens (including phenoxy) is 2. The first-order chi connectivity index (χ1) is 23.6. The number of unbranched alkanes of at least 4 members (excludes halogenated alkanes) is 1. The number of aliphatic hydroxyl groups excluding tert-OH is 2. The fourth-order valence-electron chi connectivity index (χ4n) is 4.64. The van der Waals surface area contributed by atoms with Crippen molar-refractivity contribution in [1.29, 1.82) is 0 Å². The molecule has 2 heterocycles. The highest BCUT2D eigenvalue weighted by atomic mass is 19.4. The van der Waals surface area contributed by atoms with Crippen molar-refractivity contribution in [2.45, 2.75) is 68.8 Å². The third-order valence-corrected chi connectivity index (χ3v) is 7.05. The molecule has 0 spiro atoms. The van der Waals surface area contributed by atoms with Crippen LogP contribution < -0.4 is 21.9 Å². The van der Waals surface area contributed by atoms with Gasteiger partial charge in [-0.1, -0.05) is 0 Å². The van der Waals surface area contributed by atoms with E-state index in [2.05, 4.69) is 5.32 Å². The maximum Gasteiger partial charge on any atom is 0.471 e. The van der Waals surface area contributed by atoms with Crippen molar-refractivity contribution >= 4 is 23.8 Å². The summed E-state index contributed by atoms with van der Waals surface area (Å²) >= 11 is 0. The SMILES string of the molecule is O=C(NCCCN(CCCCN(CCCNC(=O)C(F)(F)F)C(=O)C(F)(F)F)C(=O)C(F)(F)F)O[C@@H]1[C@H](O)[C@@H](CO)O[C@H]1n1ccc(=O)[nH]c1=O. The van der Waals surface area contributed by atoms with Crippen LogP contribution in [0.25, 0.3) is 0 Å². The molecule has 0 saturated carbocycles. The van der Waals surface area contributed by atoms with Crippen molar-refractivity contribution in [3.63, 3.8) is 0 Å². The predicted octanol–water partition coefficient (Wildman–Crippen LogP) is -0.0973. The molecule has 2 rings (SSSR count). The van der Waals surface area contributed by atoms with Crippen LogP contribution in [0.5, 0.6) is 0 Å². The van der Waals surface area contributed by atoms with Gasteiger partial charge in [0.1, 0.15) is 12.2 Å². The Kier molecular flexibility index (Phi) is 15.3. The molecule has 1 saturated heterocycles. The zero-order chi connectivity index (χ0) is 38.7. The fraction of sp³-hybridized carbons (Fsp3) is 0.692. The summed E-state index contributed by atoms with van der Waals surface area (Å²) in [5.41, 5.74) is -1.80. The van der Waals surface area contributed by atoms with Crippen molar-refractivity contribution in [1.82, 2.24) is 30.0 Å². The predicted molar refractivity (Wildman–Crippen MR) is 149 cm³/mol. The molecule has 0 unspecified atom stereocenters. The van der Waals surface area contributed by atoms with Crippen molar-refractivity contribution in [3.05, 3.63) is 33.1 Å². The first-order valence-electron chi connectivity index (χ1n) is 14.9. The van der Waals surface area contributed by atoms with Gasteiger partial charge in [-0.25, -0.2) is 9.59 Å². The van der Waals surface area contributed by atoms with Gasteiger partial charge in [0.15, 0.2) is 12.3 Å². The summed E-state index contributed by atoms with van der Waals surface area (Å²) in [5.74, 6) is -7.07. The molecule has 0 aromatic carbocycles. The number of aliphatic hydroxyl groups is 2. The Morgan fingerprint density at radius 1 is 0.824 bits per heavy atom. The van der Waals surface area contributed by atoms with Crippen molar-refractivity contribution in [3.8, 4) is 0 Å². The molecule has 4 amide bonds. The Morgan fingerprint density at radius 3 is 1.76 bits per heavy atom. The lowest BCUT2D eigenvalue weighted by Crippen LogP contribution is -2.45. The van der Waals surface area contributed by atoms with Gasteiger partial charge in [-0.15, -0.1) is 0 Å². The molecule has 1 fully saturated rings. The summed E-state index contributed by atoms with van der Waals surface area (Å²) in [6, 6.07) is 0.918. The molecule has 0 bridgehead atoms. The average Bonchev–Trinajstić information content (AvgIpc) is 3.32. The minimum absolute atomic E-state index is 0.193. The van der Waals surface area contributed by atoms with Crippen LogP contribution in [-0.2, 0) is 23.9 Å². The number of nitrogens with zero attached hydrogens (tertiary/aromatic N) is 3. The van der Waals surface area contributed by atoms with E-state index in [4.69, 9.17) is 9.47 Å². The number of amides is 4. The first-order valence-corrected chi connectivity index (χ1v) is 14.9. The second-order valence-corrected chi connectivity index (χ2v) is 10.8. The van der Waals surface area contributed by atoms with Crippen LogP contribution >= 0.6 is 0 Å². The molecule has 290 valence electrons. The highest BCUT2D eigenvalue weighted by Gasteiger charge is 2.48. The van der Waals surface area contributed by atoms with Gasteiger partial charge < -0.3 is 40.1 Å². The van der Waals surface area contributed by atoms with Crippen LogP contribution in [0.15, 0.2) is 21.9 Å². The second kappa shape index (κ2) is 18.2. The summed E-state index contributed by atoms with van der Waals surface area (Å²) in [6.07, 6.45) is -24.1. The van der Waals surface area contributed by atoms with Gasteiger partial charge in [-0.05, 0) is 25.7 Å². The van der Waals surface area contributed by atoms with E-state index in [9.17, 15) is 78.5 Å². The number of halogens is 9. The van der Waals surface area contributed by atoms with Crippen LogP contribution in [-0.4, -0.2) is 136 Å². The third kappa shape index (κ3) is 13.0. The quantitative estimate of drug-likeness (QED) is 0.112. The Morgan fingerprint density at radius 2 is 1.31 bits per heavy atom. The zero-order valence-electron chi connectivity index (χ0n) is 26.1. The van der Waals surface area contributed by atoms with Crippen molar-refractivity contribution in [2.24, 2.45) is 0 Å². The summed E-state index contributed by atoms with van der Waals surface area (Å²) in [4.78, 5) is 72.9. The lowest BCUT2D eigenvalue weighted by Gasteiger charge is -2.26. The van der Waals surface area contributed by atoms with Crippen LogP contribution in [0, 0.1) is 0 Å². The van der Waals surface area contributed by atoms with Gasteiger partial charge >= 0.3 is 48.0 Å². The van der Waals surface area contributed by atoms with E-state index in [1.165, 1.54) is 5.32 Å². The van der Waals surface area contributed by atoms with E-state index in [1.807, 2.05) is 4.98 Å². The Bertz CT molecular complexity index is 1470. The van der Waals surface area contributed by atoms with Crippen LogP contribution in [0.3, 0.4) is 0 Å². The van der Waals surface area contributed by atoms with Gasteiger partial charge in [0.05, 0.1) is 6.61 Å². The van der Waals surface area contributed by atoms with Crippen LogP contribution in [0.2, 0.25) is 0 Å². The smallest absolute Gasteiger partial charge is 0.439 e. The molecule has 1 aromatic heterocycles. The molecule has 25 heteroatoms. The first kappa shape index (κ1) is 42.8. The third-order valence-electron chi connectivity index (χ3n) is 7.05. The number of hydrogen-bond donors (Lipinski definition) is 5. The Labute approximate surface area is 280 Å². The number of alkyl halides is 9. The second-order valence-electron chi connectivity index (χ2n) is 10.8. The van der Waals surface area contributed by atoms with E-state index in [0.29, 0.717) is 0 Å². The summed E-state index contributed by atoms with van der Waals surface area (Å²) in [5, 5.41) is 23.4.